The summed E-state index contributed by atoms with van der Waals surface area (Å²) in [5.74, 6) is 0.407. The van der Waals surface area contributed by atoms with Gasteiger partial charge in [0.05, 0.1) is 16.1 Å². The van der Waals surface area contributed by atoms with Gasteiger partial charge in [-0.15, -0.1) is 11.3 Å². The molecule has 2 N–H and O–H groups in total. The Bertz CT molecular complexity index is 864. The number of benzene rings is 1. The van der Waals surface area contributed by atoms with Gasteiger partial charge in [0, 0.05) is 16.5 Å². The quantitative estimate of drug-likeness (QED) is 0.799. The van der Waals surface area contributed by atoms with Gasteiger partial charge in [0.1, 0.15) is 17.9 Å². The Morgan fingerprint density at radius 2 is 2.09 bits per heavy atom. The van der Waals surface area contributed by atoms with Crippen molar-refractivity contribution in [3.63, 3.8) is 0 Å². The van der Waals surface area contributed by atoms with Gasteiger partial charge in [-0.05, 0) is 32.9 Å². The van der Waals surface area contributed by atoms with Crippen LogP contribution in [0.5, 0.6) is 5.75 Å². The van der Waals surface area contributed by atoms with E-state index in [1.807, 2.05) is 32.3 Å². The largest absolute Gasteiger partial charge is 0.488 e. The number of fused-ring (bicyclic) bond motifs is 1. The summed E-state index contributed by atoms with van der Waals surface area (Å²) in [6.07, 6.45) is 0. The number of ether oxygens (including phenoxy) is 1. The number of rotatable bonds is 4. The zero-order valence-corrected chi connectivity index (χ0v) is 13.4. The van der Waals surface area contributed by atoms with Crippen molar-refractivity contribution in [2.24, 2.45) is 5.73 Å². The van der Waals surface area contributed by atoms with E-state index in [0.29, 0.717) is 12.2 Å². The van der Waals surface area contributed by atoms with Crippen molar-refractivity contribution >= 4 is 28.2 Å². The Balaban J connectivity index is 1.97. The molecule has 0 fully saturated rings. The summed E-state index contributed by atoms with van der Waals surface area (Å²) in [5.41, 5.74) is 10.5. The number of amides is 1. The minimum absolute atomic E-state index is 0.202. The molecule has 2 aromatic heterocycles. The van der Waals surface area contributed by atoms with Crippen LogP contribution in [0.2, 0.25) is 0 Å². The average Bonchev–Trinajstić information content (AvgIpc) is 3.02. The van der Waals surface area contributed by atoms with Gasteiger partial charge in [0.15, 0.2) is 5.76 Å². The van der Waals surface area contributed by atoms with Gasteiger partial charge in [0.2, 0.25) is 0 Å². The van der Waals surface area contributed by atoms with Gasteiger partial charge in [0.25, 0.3) is 5.91 Å². The van der Waals surface area contributed by atoms with E-state index in [1.54, 1.807) is 17.4 Å². The molecule has 0 bridgehead atoms. The summed E-state index contributed by atoms with van der Waals surface area (Å²) in [6, 6.07) is 3.65. The molecular formula is C16H16N2O3S. The minimum Gasteiger partial charge on any atom is -0.488 e. The molecule has 3 rings (SSSR count). The van der Waals surface area contributed by atoms with E-state index < -0.39 is 5.91 Å². The Morgan fingerprint density at radius 1 is 1.32 bits per heavy atom. The van der Waals surface area contributed by atoms with E-state index in [9.17, 15) is 4.79 Å². The fourth-order valence-electron chi connectivity index (χ4n) is 2.52. The second kappa shape index (κ2) is 5.46. The summed E-state index contributed by atoms with van der Waals surface area (Å²) in [6.45, 7) is 6.22. The number of carbonyl (C=O) groups excluding carboxylic acids is 1. The highest BCUT2D eigenvalue weighted by molar-refractivity contribution is 7.09. The highest BCUT2D eigenvalue weighted by Crippen LogP contribution is 2.33. The van der Waals surface area contributed by atoms with Gasteiger partial charge >= 0.3 is 0 Å². The minimum atomic E-state index is -0.559. The molecule has 1 aromatic carbocycles. The molecule has 0 atom stereocenters. The van der Waals surface area contributed by atoms with Crippen molar-refractivity contribution in [3.8, 4) is 5.75 Å². The fraction of sp³-hybridized carbons (Fsp3) is 0.250. The fourth-order valence-corrected chi connectivity index (χ4v) is 3.21. The number of furan rings is 1. The maximum Gasteiger partial charge on any atom is 0.284 e. The number of hydrogen-bond donors (Lipinski definition) is 1. The maximum atomic E-state index is 11.4. The van der Waals surface area contributed by atoms with Crippen LogP contribution in [0.3, 0.4) is 0 Å². The third-order valence-corrected chi connectivity index (χ3v) is 4.64. The summed E-state index contributed by atoms with van der Waals surface area (Å²) < 4.78 is 11.4. The topological polar surface area (TPSA) is 78.3 Å². The lowest BCUT2D eigenvalue weighted by Gasteiger charge is -2.09. The van der Waals surface area contributed by atoms with Crippen molar-refractivity contribution in [1.82, 2.24) is 4.98 Å². The van der Waals surface area contributed by atoms with E-state index in [4.69, 9.17) is 14.9 Å². The van der Waals surface area contributed by atoms with Crippen molar-refractivity contribution < 1.29 is 13.9 Å². The molecule has 6 heteroatoms. The van der Waals surface area contributed by atoms with E-state index in [-0.39, 0.29) is 5.76 Å². The summed E-state index contributed by atoms with van der Waals surface area (Å²) in [7, 11) is 0. The number of nitrogens with two attached hydrogens (primary N) is 1. The van der Waals surface area contributed by atoms with Crippen molar-refractivity contribution in [1.29, 1.82) is 0 Å². The molecule has 3 aromatic rings. The molecule has 2 heterocycles. The van der Waals surface area contributed by atoms with Crippen LogP contribution in [-0.4, -0.2) is 10.9 Å². The zero-order chi connectivity index (χ0) is 15.9. The first-order chi connectivity index (χ1) is 10.5. The Labute approximate surface area is 131 Å². The van der Waals surface area contributed by atoms with Gasteiger partial charge < -0.3 is 14.9 Å². The molecule has 0 aliphatic rings. The summed E-state index contributed by atoms with van der Waals surface area (Å²) in [5, 5.41) is 0.882. The molecular weight excluding hydrogens is 300 g/mol. The van der Waals surface area contributed by atoms with Crippen molar-refractivity contribution in [3.05, 3.63) is 45.1 Å². The molecule has 114 valence electrons. The summed E-state index contributed by atoms with van der Waals surface area (Å²) >= 11 is 1.57. The lowest BCUT2D eigenvalue weighted by molar-refractivity contribution is 0.0975. The average molecular weight is 316 g/mol. The molecule has 0 radical (unpaired) electrons. The SMILES string of the molecule is Cc1ncsc1COc1ccc2oc(C(N)=O)c(C)c2c1C. The van der Waals surface area contributed by atoms with Crippen LogP contribution >= 0.6 is 11.3 Å². The molecule has 0 aliphatic heterocycles. The summed E-state index contributed by atoms with van der Waals surface area (Å²) in [4.78, 5) is 16.7. The third-order valence-electron chi connectivity index (χ3n) is 3.73. The maximum absolute atomic E-state index is 11.4. The van der Waals surface area contributed by atoms with Crippen LogP contribution < -0.4 is 10.5 Å². The lowest BCUT2D eigenvalue weighted by atomic mass is 10.1. The first kappa shape index (κ1) is 14.6. The third kappa shape index (κ3) is 2.35. The Kier molecular flexibility index (Phi) is 3.62. The second-order valence-corrected chi connectivity index (χ2v) is 6.07. The van der Waals surface area contributed by atoms with Crippen LogP contribution in [0.15, 0.2) is 22.1 Å². The van der Waals surface area contributed by atoms with E-state index in [1.165, 1.54) is 0 Å². The van der Waals surface area contributed by atoms with Gasteiger partial charge in [-0.2, -0.15) is 0 Å². The van der Waals surface area contributed by atoms with Gasteiger partial charge in [-0.25, -0.2) is 4.98 Å². The standard InChI is InChI=1S/C16H16N2O3S/c1-8-11(20-6-13-10(3)18-7-22-13)4-5-12-14(8)9(2)15(21-12)16(17)19/h4-5,7H,6H2,1-3H3,(H2,17,19). The predicted molar refractivity (Wildman–Crippen MR) is 85.4 cm³/mol. The molecule has 0 saturated carbocycles. The normalized spacial score (nSPS) is 11.0. The molecule has 5 nitrogen and oxygen atoms in total. The van der Waals surface area contributed by atoms with E-state index in [0.717, 1.165) is 32.8 Å². The smallest absolute Gasteiger partial charge is 0.284 e. The number of carbonyl (C=O) groups is 1. The van der Waals surface area contributed by atoms with Crippen LogP contribution in [0.4, 0.5) is 0 Å². The number of thiazole rings is 1. The Morgan fingerprint density at radius 3 is 2.73 bits per heavy atom. The molecule has 0 aliphatic carbocycles. The zero-order valence-electron chi connectivity index (χ0n) is 12.6. The number of aromatic nitrogens is 1. The van der Waals surface area contributed by atoms with E-state index >= 15 is 0 Å². The van der Waals surface area contributed by atoms with Crippen molar-refractivity contribution in [2.75, 3.05) is 0 Å². The first-order valence-electron chi connectivity index (χ1n) is 6.83. The number of aryl methyl sites for hydroxylation is 3. The highest BCUT2D eigenvalue weighted by atomic mass is 32.1. The highest BCUT2D eigenvalue weighted by Gasteiger charge is 2.18. The van der Waals surface area contributed by atoms with Crippen LogP contribution in [-0.2, 0) is 6.61 Å². The lowest BCUT2D eigenvalue weighted by Crippen LogP contribution is -2.10. The van der Waals surface area contributed by atoms with Crippen LogP contribution in [0.1, 0.15) is 32.3 Å². The molecule has 22 heavy (non-hydrogen) atoms. The van der Waals surface area contributed by atoms with Gasteiger partial charge in [-0.3, -0.25) is 4.79 Å². The molecule has 1 amide bonds. The van der Waals surface area contributed by atoms with Crippen molar-refractivity contribution in [2.45, 2.75) is 27.4 Å². The number of hydrogen-bond acceptors (Lipinski definition) is 5. The van der Waals surface area contributed by atoms with Crippen LogP contribution in [0.25, 0.3) is 11.0 Å². The predicted octanol–water partition coefficient (Wildman–Crippen LogP) is 3.49. The molecule has 0 spiro atoms. The van der Waals surface area contributed by atoms with Gasteiger partial charge in [-0.1, -0.05) is 0 Å². The molecule has 0 unspecified atom stereocenters. The van der Waals surface area contributed by atoms with Crippen LogP contribution in [0, 0.1) is 20.8 Å². The molecule has 0 saturated heterocycles. The second-order valence-electron chi connectivity index (χ2n) is 5.13. The Hall–Kier alpha value is -2.34. The van der Waals surface area contributed by atoms with E-state index in [2.05, 4.69) is 4.98 Å². The number of nitrogens with zero attached hydrogens (tertiary/aromatic N) is 1. The number of primary amides is 1. The first-order valence-corrected chi connectivity index (χ1v) is 7.71. The monoisotopic (exact) mass is 316 g/mol.